The van der Waals surface area contributed by atoms with Crippen LogP contribution in [-0.4, -0.2) is 18.0 Å². The second kappa shape index (κ2) is 6.80. The number of aryl methyl sites for hydroxylation is 1. The monoisotopic (exact) mass is 366 g/mol. The SMILES string of the molecule is COc1ccc(CC(=O)Nc2nc3c(s2)COc2ccccc2-3)cc1C. The zero-order chi connectivity index (χ0) is 18.1. The van der Waals surface area contributed by atoms with E-state index in [1.54, 1.807) is 7.11 Å². The van der Waals surface area contributed by atoms with Gasteiger partial charge in [0.1, 0.15) is 18.1 Å². The third-order valence-electron chi connectivity index (χ3n) is 4.27. The summed E-state index contributed by atoms with van der Waals surface area (Å²) in [4.78, 5) is 18.0. The van der Waals surface area contributed by atoms with Gasteiger partial charge in [0.25, 0.3) is 0 Å². The molecule has 4 rings (SSSR count). The van der Waals surface area contributed by atoms with Crippen LogP contribution < -0.4 is 14.8 Å². The molecule has 26 heavy (non-hydrogen) atoms. The second-order valence-electron chi connectivity index (χ2n) is 6.10. The number of carbonyl (C=O) groups is 1. The molecule has 0 saturated carbocycles. The van der Waals surface area contributed by atoms with Crippen LogP contribution in [0.15, 0.2) is 42.5 Å². The zero-order valence-electron chi connectivity index (χ0n) is 14.5. The van der Waals surface area contributed by atoms with Crippen LogP contribution in [-0.2, 0) is 17.8 Å². The number of amides is 1. The predicted octanol–water partition coefficient (Wildman–Crippen LogP) is 4.20. The van der Waals surface area contributed by atoms with Gasteiger partial charge < -0.3 is 14.8 Å². The van der Waals surface area contributed by atoms with Crippen molar-refractivity contribution in [3.63, 3.8) is 0 Å². The fraction of sp³-hybridized carbons (Fsp3) is 0.200. The molecule has 1 N–H and O–H groups in total. The van der Waals surface area contributed by atoms with Crippen molar-refractivity contribution in [2.24, 2.45) is 0 Å². The van der Waals surface area contributed by atoms with Gasteiger partial charge in [-0.25, -0.2) is 4.98 Å². The van der Waals surface area contributed by atoms with Gasteiger partial charge in [-0.1, -0.05) is 35.6 Å². The van der Waals surface area contributed by atoms with Crippen LogP contribution in [0, 0.1) is 6.92 Å². The maximum absolute atomic E-state index is 12.4. The highest BCUT2D eigenvalue weighted by atomic mass is 32.1. The first-order valence-electron chi connectivity index (χ1n) is 8.29. The summed E-state index contributed by atoms with van der Waals surface area (Å²) >= 11 is 1.46. The summed E-state index contributed by atoms with van der Waals surface area (Å²) in [5.74, 6) is 1.56. The van der Waals surface area contributed by atoms with Gasteiger partial charge in [0.15, 0.2) is 5.13 Å². The van der Waals surface area contributed by atoms with Crippen molar-refractivity contribution in [2.75, 3.05) is 12.4 Å². The van der Waals surface area contributed by atoms with Crippen molar-refractivity contribution >= 4 is 22.4 Å². The van der Waals surface area contributed by atoms with E-state index in [-0.39, 0.29) is 5.91 Å². The van der Waals surface area contributed by atoms with E-state index in [2.05, 4.69) is 10.3 Å². The lowest BCUT2D eigenvalue weighted by Gasteiger charge is -2.15. The lowest BCUT2D eigenvalue weighted by atomic mass is 10.1. The first-order valence-corrected chi connectivity index (χ1v) is 9.11. The maximum Gasteiger partial charge on any atom is 0.230 e. The Balaban J connectivity index is 1.50. The van der Waals surface area contributed by atoms with Crippen molar-refractivity contribution in [1.29, 1.82) is 0 Å². The van der Waals surface area contributed by atoms with Gasteiger partial charge in [0.05, 0.1) is 24.1 Å². The lowest BCUT2D eigenvalue weighted by Crippen LogP contribution is -2.14. The fourth-order valence-corrected chi connectivity index (χ4v) is 3.95. The van der Waals surface area contributed by atoms with Crippen LogP contribution in [0.25, 0.3) is 11.3 Å². The summed E-state index contributed by atoms with van der Waals surface area (Å²) in [5.41, 5.74) is 3.82. The molecule has 6 heteroatoms. The number of aromatic nitrogens is 1. The smallest absolute Gasteiger partial charge is 0.230 e. The van der Waals surface area contributed by atoms with E-state index >= 15 is 0 Å². The minimum atomic E-state index is -0.0881. The first-order chi connectivity index (χ1) is 12.6. The highest BCUT2D eigenvalue weighted by Gasteiger charge is 2.22. The molecule has 2 heterocycles. The van der Waals surface area contributed by atoms with Crippen LogP contribution in [0.1, 0.15) is 16.0 Å². The molecule has 0 fully saturated rings. The van der Waals surface area contributed by atoms with Crippen LogP contribution in [0.2, 0.25) is 0 Å². The molecule has 2 aromatic carbocycles. The maximum atomic E-state index is 12.4. The Morgan fingerprint density at radius 1 is 1.31 bits per heavy atom. The zero-order valence-corrected chi connectivity index (χ0v) is 15.4. The highest BCUT2D eigenvalue weighted by molar-refractivity contribution is 7.16. The molecule has 0 atom stereocenters. The van der Waals surface area contributed by atoms with E-state index in [0.29, 0.717) is 18.2 Å². The van der Waals surface area contributed by atoms with Crippen LogP contribution in [0.5, 0.6) is 11.5 Å². The molecule has 0 aliphatic carbocycles. The van der Waals surface area contributed by atoms with E-state index < -0.39 is 0 Å². The molecule has 0 bridgehead atoms. The lowest BCUT2D eigenvalue weighted by molar-refractivity contribution is -0.115. The van der Waals surface area contributed by atoms with E-state index in [4.69, 9.17) is 9.47 Å². The topological polar surface area (TPSA) is 60.5 Å². The van der Waals surface area contributed by atoms with Gasteiger partial charge in [-0.2, -0.15) is 0 Å². The molecule has 5 nitrogen and oxygen atoms in total. The van der Waals surface area contributed by atoms with Crippen LogP contribution in [0.3, 0.4) is 0 Å². The quantitative estimate of drug-likeness (QED) is 0.752. The number of ether oxygens (including phenoxy) is 2. The number of benzene rings is 2. The van der Waals surface area contributed by atoms with Gasteiger partial charge in [-0.05, 0) is 36.2 Å². The predicted molar refractivity (Wildman–Crippen MR) is 102 cm³/mol. The molecule has 1 amide bonds. The van der Waals surface area contributed by atoms with Gasteiger partial charge >= 0.3 is 0 Å². The third-order valence-corrected chi connectivity index (χ3v) is 5.21. The van der Waals surface area contributed by atoms with Gasteiger partial charge in [0, 0.05) is 5.56 Å². The Kier molecular flexibility index (Phi) is 4.34. The van der Waals surface area contributed by atoms with Gasteiger partial charge in [-0.15, -0.1) is 0 Å². The van der Waals surface area contributed by atoms with Crippen LogP contribution >= 0.6 is 11.3 Å². The number of para-hydroxylation sites is 1. The average molecular weight is 366 g/mol. The summed E-state index contributed by atoms with van der Waals surface area (Å²) in [7, 11) is 1.64. The first kappa shape index (κ1) is 16.6. The van der Waals surface area contributed by atoms with Crippen molar-refractivity contribution in [1.82, 2.24) is 4.98 Å². The van der Waals surface area contributed by atoms with E-state index in [1.807, 2.05) is 49.4 Å². The highest BCUT2D eigenvalue weighted by Crippen LogP contribution is 2.40. The Morgan fingerprint density at radius 3 is 2.96 bits per heavy atom. The molecule has 0 spiro atoms. The molecule has 0 unspecified atom stereocenters. The fourth-order valence-electron chi connectivity index (χ4n) is 3.04. The number of nitrogens with zero attached hydrogens (tertiary/aromatic N) is 1. The van der Waals surface area contributed by atoms with Gasteiger partial charge in [-0.3, -0.25) is 4.79 Å². The number of anilines is 1. The molecule has 132 valence electrons. The molecule has 1 aliphatic rings. The minimum Gasteiger partial charge on any atom is -0.496 e. The van der Waals surface area contributed by atoms with Crippen LogP contribution in [0.4, 0.5) is 5.13 Å². The van der Waals surface area contributed by atoms with Crippen molar-refractivity contribution < 1.29 is 14.3 Å². The molecule has 0 radical (unpaired) electrons. The summed E-state index contributed by atoms with van der Waals surface area (Å²) in [6.45, 7) is 2.45. The molecule has 0 saturated heterocycles. The van der Waals surface area contributed by atoms with Crippen molar-refractivity contribution in [3.05, 3.63) is 58.5 Å². The number of rotatable bonds is 4. The number of hydrogen-bond acceptors (Lipinski definition) is 5. The molecular formula is C20H18N2O3S. The molecular weight excluding hydrogens is 348 g/mol. The Bertz CT molecular complexity index is 981. The number of carbonyl (C=O) groups excluding carboxylic acids is 1. The number of methoxy groups -OCH3 is 1. The summed E-state index contributed by atoms with van der Waals surface area (Å²) in [5, 5.41) is 3.51. The Hall–Kier alpha value is -2.86. The summed E-state index contributed by atoms with van der Waals surface area (Å²) in [6.07, 6.45) is 0.294. The van der Waals surface area contributed by atoms with E-state index in [0.717, 1.165) is 38.8 Å². The van der Waals surface area contributed by atoms with Crippen molar-refractivity contribution in [3.8, 4) is 22.8 Å². The number of thiazole rings is 1. The summed E-state index contributed by atoms with van der Waals surface area (Å²) < 4.78 is 11.0. The third kappa shape index (κ3) is 3.15. The molecule has 3 aromatic rings. The minimum absolute atomic E-state index is 0.0881. The largest absolute Gasteiger partial charge is 0.496 e. The Morgan fingerprint density at radius 2 is 2.15 bits per heavy atom. The van der Waals surface area contributed by atoms with Crippen molar-refractivity contribution in [2.45, 2.75) is 20.0 Å². The van der Waals surface area contributed by atoms with Gasteiger partial charge in [0.2, 0.25) is 5.91 Å². The normalized spacial score (nSPS) is 11.9. The average Bonchev–Trinajstić information content (AvgIpc) is 3.04. The molecule has 1 aliphatic heterocycles. The second-order valence-corrected chi connectivity index (χ2v) is 7.19. The Labute approximate surface area is 155 Å². The van der Waals surface area contributed by atoms with E-state index in [9.17, 15) is 4.79 Å². The summed E-state index contributed by atoms with van der Waals surface area (Å²) in [6, 6.07) is 13.6. The number of fused-ring (bicyclic) bond motifs is 3. The number of nitrogens with one attached hydrogen (secondary N) is 1. The molecule has 1 aromatic heterocycles. The van der Waals surface area contributed by atoms with E-state index in [1.165, 1.54) is 11.3 Å². The number of hydrogen-bond donors (Lipinski definition) is 1. The standard InChI is InChI=1S/C20H18N2O3S/c1-12-9-13(7-8-15(12)24-2)10-18(23)21-20-22-19-14-5-3-4-6-16(14)25-11-17(19)26-20/h3-9H,10-11H2,1-2H3,(H,21,22,23).